The van der Waals surface area contributed by atoms with Crippen molar-refractivity contribution in [3.05, 3.63) is 23.9 Å². The van der Waals surface area contributed by atoms with Gasteiger partial charge in [0.2, 0.25) is 0 Å². The minimum Gasteiger partial charge on any atom is -0.370 e. The summed E-state index contributed by atoms with van der Waals surface area (Å²) in [7, 11) is 0. The number of nitrogens with one attached hydrogen (secondary N) is 1. The molecule has 1 N–H and O–H groups in total. The van der Waals surface area contributed by atoms with Crippen molar-refractivity contribution in [3.8, 4) is 0 Å². The molecule has 0 bridgehead atoms. The van der Waals surface area contributed by atoms with Gasteiger partial charge in [0.05, 0.1) is 0 Å². The first-order valence-electron chi connectivity index (χ1n) is 8.50. The van der Waals surface area contributed by atoms with Crippen molar-refractivity contribution in [2.45, 2.75) is 45.2 Å². The van der Waals surface area contributed by atoms with Gasteiger partial charge in [0.1, 0.15) is 5.82 Å². The van der Waals surface area contributed by atoms with Crippen molar-refractivity contribution in [1.82, 2.24) is 14.8 Å². The third-order valence-electron chi connectivity index (χ3n) is 4.84. The Morgan fingerprint density at radius 1 is 1.14 bits per heavy atom. The van der Waals surface area contributed by atoms with Gasteiger partial charge in [-0.15, -0.1) is 0 Å². The lowest BCUT2D eigenvalue weighted by Crippen LogP contribution is -2.49. The summed E-state index contributed by atoms with van der Waals surface area (Å²) < 4.78 is 0. The molecule has 4 nitrogen and oxygen atoms in total. The van der Waals surface area contributed by atoms with E-state index in [1.54, 1.807) is 0 Å². The van der Waals surface area contributed by atoms with E-state index >= 15 is 0 Å². The fraction of sp³-hybridized carbons (Fsp3) is 0.706. The molecule has 2 heterocycles. The van der Waals surface area contributed by atoms with Crippen molar-refractivity contribution < 1.29 is 0 Å². The molecule has 0 radical (unpaired) electrons. The number of hydrogen-bond acceptors (Lipinski definition) is 4. The van der Waals surface area contributed by atoms with Gasteiger partial charge >= 0.3 is 0 Å². The van der Waals surface area contributed by atoms with E-state index in [-0.39, 0.29) is 0 Å². The molecule has 1 aromatic heterocycles. The van der Waals surface area contributed by atoms with Gasteiger partial charge in [-0.25, -0.2) is 4.98 Å². The van der Waals surface area contributed by atoms with Crippen LogP contribution < -0.4 is 5.32 Å². The highest BCUT2D eigenvalue weighted by atomic mass is 15.3. The molecule has 1 saturated heterocycles. The van der Waals surface area contributed by atoms with E-state index in [4.69, 9.17) is 0 Å². The van der Waals surface area contributed by atoms with E-state index in [0.29, 0.717) is 0 Å². The van der Waals surface area contributed by atoms with E-state index in [1.165, 1.54) is 57.4 Å². The summed E-state index contributed by atoms with van der Waals surface area (Å²) in [5, 5.41) is 3.24. The average molecular weight is 288 g/mol. The van der Waals surface area contributed by atoms with Crippen molar-refractivity contribution in [3.63, 3.8) is 0 Å². The molecular weight excluding hydrogens is 260 g/mol. The quantitative estimate of drug-likeness (QED) is 0.902. The molecule has 0 spiro atoms. The molecule has 4 heteroatoms. The second kappa shape index (κ2) is 7.23. The second-order valence-electron chi connectivity index (χ2n) is 6.33. The number of anilines is 1. The van der Waals surface area contributed by atoms with E-state index in [0.717, 1.165) is 24.9 Å². The largest absolute Gasteiger partial charge is 0.370 e. The smallest absolute Gasteiger partial charge is 0.125 e. The van der Waals surface area contributed by atoms with Crippen molar-refractivity contribution in [2.24, 2.45) is 0 Å². The van der Waals surface area contributed by atoms with Crippen LogP contribution in [0.2, 0.25) is 0 Å². The van der Waals surface area contributed by atoms with Crippen LogP contribution in [0.25, 0.3) is 0 Å². The Bertz CT molecular complexity index is 417. The number of rotatable bonds is 5. The van der Waals surface area contributed by atoms with Crippen LogP contribution >= 0.6 is 0 Å². The standard InChI is InChI=1S/C17H28N4/c1-2-18-17-8-7-15(13-19-17)14-20-9-11-21(12-10-20)16-5-3-4-6-16/h7-8,13,16H,2-6,9-12,14H2,1H3,(H,18,19). The molecule has 1 aromatic rings. The molecule has 2 fully saturated rings. The first kappa shape index (κ1) is 14.8. The van der Waals surface area contributed by atoms with E-state index < -0.39 is 0 Å². The molecule has 21 heavy (non-hydrogen) atoms. The fourth-order valence-electron chi connectivity index (χ4n) is 3.62. The third kappa shape index (κ3) is 3.95. The molecule has 1 aliphatic heterocycles. The van der Waals surface area contributed by atoms with Crippen LogP contribution in [0.3, 0.4) is 0 Å². The molecular formula is C17H28N4. The summed E-state index contributed by atoms with van der Waals surface area (Å²) in [6.07, 6.45) is 7.75. The van der Waals surface area contributed by atoms with Crippen LogP contribution in [0.15, 0.2) is 18.3 Å². The lowest BCUT2D eigenvalue weighted by atomic mass is 10.1. The van der Waals surface area contributed by atoms with Crippen LogP contribution in [-0.4, -0.2) is 53.5 Å². The van der Waals surface area contributed by atoms with Crippen LogP contribution in [0.5, 0.6) is 0 Å². The van der Waals surface area contributed by atoms with Gasteiger partial charge in [0.15, 0.2) is 0 Å². The summed E-state index contributed by atoms with van der Waals surface area (Å²) in [6.45, 7) is 8.95. The van der Waals surface area contributed by atoms with Gasteiger partial charge < -0.3 is 5.32 Å². The first-order chi connectivity index (χ1) is 10.3. The third-order valence-corrected chi connectivity index (χ3v) is 4.84. The monoisotopic (exact) mass is 288 g/mol. The Hall–Kier alpha value is -1.13. The van der Waals surface area contributed by atoms with E-state index in [9.17, 15) is 0 Å². The van der Waals surface area contributed by atoms with Gasteiger partial charge in [-0.1, -0.05) is 18.9 Å². The minimum atomic E-state index is 0.883. The Labute approximate surface area is 128 Å². The van der Waals surface area contributed by atoms with Crippen LogP contribution in [0.4, 0.5) is 5.82 Å². The number of piperazine rings is 1. The molecule has 0 atom stereocenters. The lowest BCUT2D eigenvalue weighted by molar-refractivity contribution is 0.0936. The zero-order valence-electron chi connectivity index (χ0n) is 13.2. The zero-order valence-corrected chi connectivity index (χ0v) is 13.2. The molecule has 2 aliphatic rings. The maximum absolute atomic E-state index is 4.46. The molecule has 0 aromatic carbocycles. The summed E-state index contributed by atoms with van der Waals surface area (Å²) in [4.78, 5) is 9.75. The Balaban J connectivity index is 1.46. The Morgan fingerprint density at radius 2 is 1.90 bits per heavy atom. The van der Waals surface area contributed by atoms with Gasteiger partial charge in [0.25, 0.3) is 0 Å². The molecule has 1 aliphatic carbocycles. The Morgan fingerprint density at radius 3 is 2.52 bits per heavy atom. The lowest BCUT2D eigenvalue weighted by Gasteiger charge is -2.38. The average Bonchev–Trinajstić information content (AvgIpc) is 3.05. The van der Waals surface area contributed by atoms with Crippen LogP contribution in [0.1, 0.15) is 38.2 Å². The number of nitrogens with zero attached hydrogens (tertiary/aromatic N) is 3. The van der Waals surface area contributed by atoms with Gasteiger partial charge in [-0.05, 0) is 31.4 Å². The van der Waals surface area contributed by atoms with Gasteiger partial charge in [0, 0.05) is 51.5 Å². The van der Waals surface area contributed by atoms with E-state index in [2.05, 4.69) is 39.2 Å². The second-order valence-corrected chi connectivity index (χ2v) is 6.33. The first-order valence-corrected chi connectivity index (χ1v) is 8.50. The molecule has 0 unspecified atom stereocenters. The van der Waals surface area contributed by atoms with Gasteiger partial charge in [-0.2, -0.15) is 0 Å². The highest BCUT2D eigenvalue weighted by molar-refractivity contribution is 5.35. The molecule has 1 saturated carbocycles. The van der Waals surface area contributed by atoms with Gasteiger partial charge in [-0.3, -0.25) is 9.80 Å². The minimum absolute atomic E-state index is 0.883. The van der Waals surface area contributed by atoms with Crippen molar-refractivity contribution >= 4 is 5.82 Å². The topological polar surface area (TPSA) is 31.4 Å². The summed E-state index contributed by atoms with van der Waals surface area (Å²) >= 11 is 0. The fourth-order valence-corrected chi connectivity index (χ4v) is 3.62. The van der Waals surface area contributed by atoms with Crippen LogP contribution in [0, 0.1) is 0 Å². The number of pyridine rings is 1. The number of hydrogen-bond donors (Lipinski definition) is 1. The highest BCUT2D eigenvalue weighted by Crippen LogP contribution is 2.24. The van der Waals surface area contributed by atoms with Crippen molar-refractivity contribution in [2.75, 3.05) is 38.0 Å². The predicted octanol–water partition coefficient (Wildman–Crippen LogP) is 2.57. The maximum atomic E-state index is 4.46. The SMILES string of the molecule is CCNc1ccc(CN2CCN(C3CCCC3)CC2)cn1. The van der Waals surface area contributed by atoms with E-state index in [1.807, 2.05) is 6.20 Å². The van der Waals surface area contributed by atoms with Crippen molar-refractivity contribution in [1.29, 1.82) is 0 Å². The Kier molecular flexibility index (Phi) is 5.09. The maximum Gasteiger partial charge on any atom is 0.125 e. The summed E-state index contributed by atoms with van der Waals surface area (Å²) in [5.74, 6) is 0.979. The van der Waals surface area contributed by atoms with Crippen LogP contribution in [-0.2, 0) is 6.54 Å². The molecule has 116 valence electrons. The normalized spacial score (nSPS) is 21.8. The predicted molar refractivity (Wildman–Crippen MR) is 87.5 cm³/mol. The number of aromatic nitrogens is 1. The molecule has 3 rings (SSSR count). The summed E-state index contributed by atoms with van der Waals surface area (Å²) in [5.41, 5.74) is 1.32. The zero-order chi connectivity index (χ0) is 14.5. The summed E-state index contributed by atoms with van der Waals surface area (Å²) in [6, 6.07) is 5.18. The molecule has 0 amide bonds. The highest BCUT2D eigenvalue weighted by Gasteiger charge is 2.25.